The van der Waals surface area contributed by atoms with Gasteiger partial charge in [-0.2, -0.15) is 0 Å². The molecule has 1 aromatic heterocycles. The molecular formula is C20H21BrN4O2. The van der Waals surface area contributed by atoms with E-state index in [2.05, 4.69) is 32.9 Å². The van der Waals surface area contributed by atoms with E-state index in [1.807, 2.05) is 35.2 Å². The zero-order valence-electron chi connectivity index (χ0n) is 15.1. The van der Waals surface area contributed by atoms with Crippen LogP contribution < -0.4 is 5.73 Å². The van der Waals surface area contributed by atoms with E-state index < -0.39 is 0 Å². The summed E-state index contributed by atoms with van der Waals surface area (Å²) in [4.78, 5) is 31.8. The first-order valence-electron chi connectivity index (χ1n) is 8.92. The number of benzene rings is 2. The van der Waals surface area contributed by atoms with Crippen molar-refractivity contribution in [1.82, 2.24) is 14.8 Å². The Bertz CT molecular complexity index is 1050. The number of hydrogen-bond acceptors (Lipinski definition) is 3. The fraction of sp³-hybridized carbons (Fsp3) is 0.300. The van der Waals surface area contributed by atoms with Crippen molar-refractivity contribution in [1.29, 1.82) is 0 Å². The number of nitrogens with one attached hydrogen (secondary N) is 1. The van der Waals surface area contributed by atoms with Crippen LogP contribution in [0, 0.1) is 0 Å². The molecule has 27 heavy (non-hydrogen) atoms. The maximum atomic E-state index is 12.9. The predicted molar refractivity (Wildman–Crippen MR) is 110 cm³/mol. The van der Waals surface area contributed by atoms with E-state index >= 15 is 0 Å². The Morgan fingerprint density at radius 2 is 1.85 bits per heavy atom. The van der Waals surface area contributed by atoms with Gasteiger partial charge in [0.2, 0.25) is 5.91 Å². The summed E-state index contributed by atoms with van der Waals surface area (Å²) in [5.41, 5.74) is 8.68. The largest absolute Gasteiger partial charge is 0.369 e. The van der Waals surface area contributed by atoms with E-state index in [1.165, 1.54) is 0 Å². The molecule has 140 valence electrons. The molecule has 3 aromatic rings. The number of hydrogen-bond donors (Lipinski definition) is 2. The van der Waals surface area contributed by atoms with E-state index in [1.54, 1.807) is 0 Å². The normalized spacial score (nSPS) is 15.6. The first kappa shape index (κ1) is 18.0. The molecule has 1 aliphatic rings. The third-order valence-corrected chi connectivity index (χ3v) is 5.61. The lowest BCUT2D eigenvalue weighted by Crippen LogP contribution is -2.47. The molecule has 7 heteroatoms. The van der Waals surface area contributed by atoms with Crippen LogP contribution in [0.15, 0.2) is 34.8 Å². The van der Waals surface area contributed by atoms with Crippen LogP contribution in [-0.4, -0.2) is 59.8 Å². The van der Waals surface area contributed by atoms with Crippen molar-refractivity contribution in [3.63, 3.8) is 0 Å². The van der Waals surface area contributed by atoms with Crippen molar-refractivity contribution in [2.75, 3.05) is 33.2 Å². The highest BCUT2D eigenvalue weighted by Crippen LogP contribution is 2.32. The van der Waals surface area contributed by atoms with E-state index in [-0.39, 0.29) is 18.2 Å². The van der Waals surface area contributed by atoms with Crippen LogP contribution >= 0.6 is 15.9 Å². The van der Waals surface area contributed by atoms with Crippen molar-refractivity contribution in [2.24, 2.45) is 5.73 Å². The number of fused-ring (bicyclic) bond motifs is 3. The molecule has 1 aliphatic heterocycles. The Kier molecular flexibility index (Phi) is 4.65. The molecule has 0 unspecified atom stereocenters. The highest BCUT2D eigenvalue weighted by Gasteiger charge is 2.21. The summed E-state index contributed by atoms with van der Waals surface area (Å²) >= 11 is 3.51. The SMILES string of the molecule is CN1CCN(C(=O)c2ccc3c(c2)[nH]c2c(CC(N)=O)cc(Br)cc23)CC1. The van der Waals surface area contributed by atoms with Crippen LogP contribution in [0.5, 0.6) is 0 Å². The summed E-state index contributed by atoms with van der Waals surface area (Å²) in [6, 6.07) is 9.67. The summed E-state index contributed by atoms with van der Waals surface area (Å²) in [5.74, 6) is -0.318. The van der Waals surface area contributed by atoms with Crippen LogP contribution in [0.3, 0.4) is 0 Å². The van der Waals surface area contributed by atoms with Gasteiger partial charge in [0.1, 0.15) is 0 Å². The quantitative estimate of drug-likeness (QED) is 0.671. The minimum absolute atomic E-state index is 0.0576. The molecule has 1 fully saturated rings. The topological polar surface area (TPSA) is 82.4 Å². The lowest BCUT2D eigenvalue weighted by Gasteiger charge is -2.32. The number of likely N-dealkylation sites (N-methyl/N-ethyl adjacent to an activating group) is 1. The lowest BCUT2D eigenvalue weighted by atomic mass is 10.1. The number of carbonyl (C=O) groups is 2. The fourth-order valence-corrected chi connectivity index (χ4v) is 4.20. The number of H-pyrrole nitrogens is 1. The van der Waals surface area contributed by atoms with Crippen molar-refractivity contribution >= 4 is 49.6 Å². The van der Waals surface area contributed by atoms with E-state index in [0.29, 0.717) is 5.56 Å². The van der Waals surface area contributed by atoms with Crippen LogP contribution in [-0.2, 0) is 11.2 Å². The van der Waals surface area contributed by atoms with Gasteiger partial charge in [0.15, 0.2) is 0 Å². The summed E-state index contributed by atoms with van der Waals surface area (Å²) in [5, 5.41) is 2.03. The van der Waals surface area contributed by atoms with Gasteiger partial charge in [-0.3, -0.25) is 9.59 Å². The smallest absolute Gasteiger partial charge is 0.254 e. The number of nitrogens with zero attached hydrogens (tertiary/aromatic N) is 2. The standard InChI is InChI=1S/C20H21BrN4O2/c1-24-4-6-25(7-5-24)20(27)12-2-3-15-16-11-14(21)8-13(10-18(22)26)19(16)23-17(15)9-12/h2-3,8-9,11,23H,4-7,10H2,1H3,(H2,22,26). The summed E-state index contributed by atoms with van der Waals surface area (Å²) in [6.07, 6.45) is 0.163. The lowest BCUT2D eigenvalue weighted by molar-refractivity contribution is -0.117. The second-order valence-corrected chi connectivity index (χ2v) is 8.03. The van der Waals surface area contributed by atoms with Gasteiger partial charge in [-0.1, -0.05) is 22.0 Å². The number of halogens is 1. The Hall–Kier alpha value is -2.38. The van der Waals surface area contributed by atoms with E-state index in [0.717, 1.165) is 58.0 Å². The molecule has 0 bridgehead atoms. The van der Waals surface area contributed by atoms with Gasteiger partial charge < -0.3 is 20.5 Å². The maximum Gasteiger partial charge on any atom is 0.254 e. The van der Waals surface area contributed by atoms with Crippen LogP contribution in [0.2, 0.25) is 0 Å². The van der Waals surface area contributed by atoms with Crippen molar-refractivity contribution < 1.29 is 9.59 Å². The highest BCUT2D eigenvalue weighted by molar-refractivity contribution is 9.10. The maximum absolute atomic E-state index is 12.9. The Balaban J connectivity index is 1.75. The molecule has 2 heterocycles. The molecule has 0 aliphatic carbocycles. The average Bonchev–Trinajstić information content (AvgIpc) is 2.99. The first-order chi connectivity index (χ1) is 12.9. The summed E-state index contributed by atoms with van der Waals surface area (Å²) in [6.45, 7) is 3.28. The Labute approximate surface area is 165 Å². The highest BCUT2D eigenvalue weighted by atomic mass is 79.9. The Morgan fingerprint density at radius 1 is 1.11 bits per heavy atom. The van der Waals surface area contributed by atoms with Crippen LogP contribution in [0.25, 0.3) is 21.8 Å². The number of primary amides is 1. The fourth-order valence-electron chi connectivity index (χ4n) is 3.69. The number of aromatic amines is 1. The zero-order valence-corrected chi connectivity index (χ0v) is 16.7. The average molecular weight is 429 g/mol. The summed E-state index contributed by atoms with van der Waals surface area (Å²) < 4.78 is 0.893. The number of piperazine rings is 1. The molecule has 4 rings (SSSR count). The molecule has 2 aromatic carbocycles. The van der Waals surface area contributed by atoms with Crippen LogP contribution in [0.1, 0.15) is 15.9 Å². The third-order valence-electron chi connectivity index (χ3n) is 5.16. The monoisotopic (exact) mass is 428 g/mol. The van der Waals surface area contributed by atoms with Gasteiger partial charge in [0, 0.05) is 52.5 Å². The minimum Gasteiger partial charge on any atom is -0.369 e. The molecule has 0 atom stereocenters. The van der Waals surface area contributed by atoms with Gasteiger partial charge in [0.25, 0.3) is 5.91 Å². The zero-order chi connectivity index (χ0) is 19.1. The molecular weight excluding hydrogens is 408 g/mol. The minimum atomic E-state index is -0.376. The number of carbonyl (C=O) groups excluding carboxylic acids is 2. The molecule has 0 radical (unpaired) electrons. The number of aromatic nitrogens is 1. The molecule has 1 saturated heterocycles. The van der Waals surface area contributed by atoms with Gasteiger partial charge in [-0.15, -0.1) is 0 Å². The summed E-state index contributed by atoms with van der Waals surface area (Å²) in [7, 11) is 2.07. The molecule has 2 amide bonds. The van der Waals surface area contributed by atoms with E-state index in [4.69, 9.17) is 5.73 Å². The van der Waals surface area contributed by atoms with Gasteiger partial charge >= 0.3 is 0 Å². The molecule has 0 spiro atoms. The van der Waals surface area contributed by atoms with Crippen molar-refractivity contribution in [3.05, 3.63) is 45.9 Å². The third kappa shape index (κ3) is 3.44. The second-order valence-electron chi connectivity index (χ2n) is 7.11. The van der Waals surface area contributed by atoms with E-state index in [9.17, 15) is 9.59 Å². The van der Waals surface area contributed by atoms with Gasteiger partial charge in [-0.25, -0.2) is 0 Å². The Morgan fingerprint density at radius 3 is 2.56 bits per heavy atom. The molecule has 0 saturated carbocycles. The molecule has 3 N–H and O–H groups in total. The number of amides is 2. The first-order valence-corrected chi connectivity index (χ1v) is 9.71. The predicted octanol–water partition coefficient (Wildman–Crippen LogP) is 2.50. The second kappa shape index (κ2) is 6.98. The van der Waals surface area contributed by atoms with Crippen LogP contribution in [0.4, 0.5) is 0 Å². The molecule has 6 nitrogen and oxygen atoms in total. The number of rotatable bonds is 3. The van der Waals surface area contributed by atoms with Crippen molar-refractivity contribution in [3.8, 4) is 0 Å². The van der Waals surface area contributed by atoms with Gasteiger partial charge in [-0.05, 0) is 36.9 Å². The van der Waals surface area contributed by atoms with Crippen molar-refractivity contribution in [2.45, 2.75) is 6.42 Å². The number of nitrogens with two attached hydrogens (primary N) is 1. The van der Waals surface area contributed by atoms with Gasteiger partial charge in [0.05, 0.1) is 11.9 Å².